The van der Waals surface area contributed by atoms with Crippen LogP contribution in [-0.2, 0) is 10.2 Å². The van der Waals surface area contributed by atoms with Crippen LogP contribution in [0.5, 0.6) is 0 Å². The standard InChI is InChI=1S/C13H21N3O3S/c1-10-5-6-12(9-11(10)2)13(17)14-7-8-15-20(18,19)16(3)4/h5-6,9,15H,7-8H2,1-4H3,(H,14,17). The molecule has 0 fully saturated rings. The van der Waals surface area contributed by atoms with Crippen LogP contribution in [0.1, 0.15) is 21.5 Å². The third kappa shape index (κ3) is 4.59. The number of hydrogen-bond donors (Lipinski definition) is 2. The highest BCUT2D eigenvalue weighted by Gasteiger charge is 2.12. The second-order valence-electron chi connectivity index (χ2n) is 4.74. The molecule has 0 unspecified atom stereocenters. The minimum atomic E-state index is -3.44. The van der Waals surface area contributed by atoms with Crippen LogP contribution in [0.25, 0.3) is 0 Å². The minimum absolute atomic E-state index is 0.150. The molecule has 112 valence electrons. The summed E-state index contributed by atoms with van der Waals surface area (Å²) in [6.07, 6.45) is 0. The van der Waals surface area contributed by atoms with Gasteiger partial charge in [-0.1, -0.05) is 6.07 Å². The average Bonchev–Trinajstić information content (AvgIpc) is 2.37. The number of benzene rings is 1. The first-order valence-corrected chi connectivity index (χ1v) is 7.70. The number of rotatable bonds is 6. The Balaban J connectivity index is 2.46. The van der Waals surface area contributed by atoms with E-state index in [9.17, 15) is 13.2 Å². The van der Waals surface area contributed by atoms with E-state index in [-0.39, 0.29) is 19.0 Å². The lowest BCUT2D eigenvalue weighted by Gasteiger charge is -2.12. The Hall–Kier alpha value is -1.44. The molecule has 0 bridgehead atoms. The lowest BCUT2D eigenvalue weighted by molar-refractivity contribution is 0.0954. The van der Waals surface area contributed by atoms with Gasteiger partial charge < -0.3 is 5.32 Å². The van der Waals surface area contributed by atoms with Gasteiger partial charge in [0.25, 0.3) is 16.1 Å². The second kappa shape index (κ2) is 6.83. The van der Waals surface area contributed by atoms with Crippen molar-refractivity contribution < 1.29 is 13.2 Å². The molecule has 7 heteroatoms. The van der Waals surface area contributed by atoms with Crippen molar-refractivity contribution in [1.82, 2.24) is 14.3 Å². The highest BCUT2D eigenvalue weighted by Crippen LogP contribution is 2.09. The van der Waals surface area contributed by atoms with E-state index in [0.717, 1.165) is 15.4 Å². The lowest BCUT2D eigenvalue weighted by Crippen LogP contribution is -2.40. The van der Waals surface area contributed by atoms with Gasteiger partial charge in [-0.05, 0) is 37.1 Å². The third-order valence-electron chi connectivity index (χ3n) is 2.94. The smallest absolute Gasteiger partial charge is 0.278 e. The molecule has 0 saturated carbocycles. The van der Waals surface area contributed by atoms with Crippen molar-refractivity contribution >= 4 is 16.1 Å². The number of nitrogens with one attached hydrogen (secondary N) is 2. The predicted molar refractivity (Wildman–Crippen MR) is 78.9 cm³/mol. The molecule has 1 rings (SSSR count). The van der Waals surface area contributed by atoms with Crippen molar-refractivity contribution in [2.75, 3.05) is 27.2 Å². The molecule has 0 aliphatic heterocycles. The Morgan fingerprint density at radius 3 is 2.35 bits per heavy atom. The van der Waals surface area contributed by atoms with Gasteiger partial charge in [-0.2, -0.15) is 12.7 Å². The Morgan fingerprint density at radius 1 is 1.15 bits per heavy atom. The van der Waals surface area contributed by atoms with E-state index in [0.29, 0.717) is 5.56 Å². The Bertz CT molecular complexity index is 583. The van der Waals surface area contributed by atoms with Crippen molar-refractivity contribution in [3.05, 3.63) is 34.9 Å². The van der Waals surface area contributed by atoms with Crippen LogP contribution in [0.3, 0.4) is 0 Å². The molecule has 0 spiro atoms. The number of hydrogen-bond acceptors (Lipinski definition) is 3. The van der Waals surface area contributed by atoms with E-state index >= 15 is 0 Å². The van der Waals surface area contributed by atoms with Gasteiger partial charge in [0.05, 0.1) is 0 Å². The summed E-state index contributed by atoms with van der Waals surface area (Å²) in [7, 11) is -0.560. The fraction of sp³-hybridized carbons (Fsp3) is 0.462. The van der Waals surface area contributed by atoms with Gasteiger partial charge in [0.1, 0.15) is 0 Å². The molecule has 0 aliphatic rings. The molecule has 1 aromatic rings. The van der Waals surface area contributed by atoms with Gasteiger partial charge in [0.15, 0.2) is 0 Å². The maximum atomic E-state index is 11.9. The molecule has 0 atom stereocenters. The SMILES string of the molecule is Cc1ccc(C(=O)NCCNS(=O)(=O)N(C)C)cc1C. The quantitative estimate of drug-likeness (QED) is 0.748. The molecular weight excluding hydrogens is 278 g/mol. The first-order chi connectivity index (χ1) is 9.24. The fourth-order valence-corrected chi connectivity index (χ4v) is 2.09. The first kappa shape index (κ1) is 16.6. The van der Waals surface area contributed by atoms with Crippen LogP contribution < -0.4 is 10.0 Å². The van der Waals surface area contributed by atoms with Crippen molar-refractivity contribution in [1.29, 1.82) is 0 Å². The van der Waals surface area contributed by atoms with Gasteiger partial charge in [-0.15, -0.1) is 0 Å². The fourth-order valence-electron chi connectivity index (χ4n) is 1.47. The van der Waals surface area contributed by atoms with Gasteiger partial charge in [0, 0.05) is 32.7 Å². The summed E-state index contributed by atoms with van der Waals surface area (Å²) >= 11 is 0. The largest absolute Gasteiger partial charge is 0.351 e. The number of carbonyl (C=O) groups excluding carboxylic acids is 1. The van der Waals surface area contributed by atoms with Crippen molar-refractivity contribution in [3.63, 3.8) is 0 Å². The number of carbonyl (C=O) groups is 1. The van der Waals surface area contributed by atoms with Crippen LogP contribution in [0.15, 0.2) is 18.2 Å². The van der Waals surface area contributed by atoms with Gasteiger partial charge in [-0.3, -0.25) is 4.79 Å². The summed E-state index contributed by atoms with van der Waals surface area (Å²) in [4.78, 5) is 11.9. The van der Waals surface area contributed by atoms with Crippen LogP contribution in [0, 0.1) is 13.8 Å². The van der Waals surface area contributed by atoms with Crippen LogP contribution in [0.4, 0.5) is 0 Å². The predicted octanol–water partition coefficient (Wildman–Crippen LogP) is 0.429. The Morgan fingerprint density at radius 2 is 1.80 bits per heavy atom. The van der Waals surface area contributed by atoms with Gasteiger partial charge in [0.2, 0.25) is 0 Å². The summed E-state index contributed by atoms with van der Waals surface area (Å²) in [5.74, 6) is -0.211. The number of nitrogens with zero attached hydrogens (tertiary/aromatic N) is 1. The van der Waals surface area contributed by atoms with Gasteiger partial charge >= 0.3 is 0 Å². The molecule has 0 heterocycles. The van der Waals surface area contributed by atoms with Gasteiger partial charge in [-0.25, -0.2) is 4.72 Å². The van der Waals surface area contributed by atoms with E-state index in [2.05, 4.69) is 10.0 Å². The normalized spacial score (nSPS) is 11.7. The molecular formula is C13H21N3O3S. The summed E-state index contributed by atoms with van der Waals surface area (Å²) < 4.78 is 26.3. The van der Waals surface area contributed by atoms with E-state index < -0.39 is 10.2 Å². The monoisotopic (exact) mass is 299 g/mol. The zero-order valence-corrected chi connectivity index (χ0v) is 13.0. The maximum absolute atomic E-state index is 11.9. The van der Waals surface area contributed by atoms with E-state index in [4.69, 9.17) is 0 Å². The molecule has 0 aliphatic carbocycles. The highest BCUT2D eigenvalue weighted by atomic mass is 32.2. The molecule has 0 aromatic heterocycles. The van der Waals surface area contributed by atoms with E-state index in [1.807, 2.05) is 26.0 Å². The number of aryl methyl sites for hydroxylation is 2. The number of amides is 1. The maximum Gasteiger partial charge on any atom is 0.278 e. The molecule has 20 heavy (non-hydrogen) atoms. The van der Waals surface area contributed by atoms with E-state index in [1.54, 1.807) is 6.07 Å². The van der Waals surface area contributed by atoms with Crippen molar-refractivity contribution in [2.24, 2.45) is 0 Å². The molecule has 1 aromatic carbocycles. The molecule has 1 amide bonds. The second-order valence-corrected chi connectivity index (χ2v) is 6.71. The third-order valence-corrected chi connectivity index (χ3v) is 4.48. The van der Waals surface area contributed by atoms with Crippen molar-refractivity contribution in [3.8, 4) is 0 Å². The lowest BCUT2D eigenvalue weighted by atomic mass is 10.1. The zero-order chi connectivity index (χ0) is 15.3. The topological polar surface area (TPSA) is 78.5 Å². The molecule has 0 saturated heterocycles. The Kier molecular flexibility index (Phi) is 5.67. The molecule has 0 radical (unpaired) electrons. The average molecular weight is 299 g/mol. The minimum Gasteiger partial charge on any atom is -0.351 e. The first-order valence-electron chi connectivity index (χ1n) is 6.26. The zero-order valence-electron chi connectivity index (χ0n) is 12.2. The Labute approximate surface area is 120 Å². The van der Waals surface area contributed by atoms with Crippen LogP contribution in [-0.4, -0.2) is 45.8 Å². The highest BCUT2D eigenvalue weighted by molar-refractivity contribution is 7.87. The molecule has 6 nitrogen and oxygen atoms in total. The van der Waals surface area contributed by atoms with Crippen LogP contribution in [0.2, 0.25) is 0 Å². The summed E-state index contributed by atoms with van der Waals surface area (Å²) in [5.41, 5.74) is 2.75. The van der Waals surface area contributed by atoms with Crippen LogP contribution >= 0.6 is 0 Å². The van der Waals surface area contributed by atoms with Crippen molar-refractivity contribution in [2.45, 2.75) is 13.8 Å². The van der Waals surface area contributed by atoms with E-state index in [1.165, 1.54) is 14.1 Å². The summed E-state index contributed by atoms with van der Waals surface area (Å²) in [6, 6.07) is 5.45. The molecule has 2 N–H and O–H groups in total. The summed E-state index contributed by atoms with van der Waals surface area (Å²) in [5, 5.41) is 2.67. The summed E-state index contributed by atoms with van der Waals surface area (Å²) in [6.45, 7) is 4.31.